The molecular weight excluding hydrogens is 306 g/mol. The van der Waals surface area contributed by atoms with Gasteiger partial charge < -0.3 is 4.90 Å². The number of likely N-dealkylation sites (tertiary alicyclic amines) is 1. The fourth-order valence-corrected chi connectivity index (χ4v) is 5.10. The van der Waals surface area contributed by atoms with Crippen LogP contribution in [0.25, 0.3) is 0 Å². The zero-order valence-corrected chi connectivity index (χ0v) is 16.6. The van der Waals surface area contributed by atoms with Gasteiger partial charge in [-0.25, -0.2) is 0 Å². The van der Waals surface area contributed by atoms with Gasteiger partial charge in [0, 0.05) is 57.0 Å². The molecule has 2 aliphatic heterocycles. The number of benzene rings is 1. The van der Waals surface area contributed by atoms with Gasteiger partial charge in [-0.15, -0.1) is 0 Å². The summed E-state index contributed by atoms with van der Waals surface area (Å²) in [6, 6.07) is 9.01. The van der Waals surface area contributed by atoms with Gasteiger partial charge in [-0.2, -0.15) is 0 Å². The standard InChI is InChI=1S/C22H35N3/c1-18-5-7-20(8-6-18)24-11-9-23(10-12-24)15-19-13-22(14-19)16-25(17-22)21(2,3)4/h5-8,19H,9-17H2,1-4H3. The Bertz CT molecular complexity index is 579. The second-order valence-corrected chi connectivity index (χ2v) is 9.92. The molecule has 2 heterocycles. The minimum Gasteiger partial charge on any atom is -0.369 e. The Balaban J connectivity index is 1.19. The summed E-state index contributed by atoms with van der Waals surface area (Å²) in [5.41, 5.74) is 3.80. The summed E-state index contributed by atoms with van der Waals surface area (Å²) in [4.78, 5) is 7.91. The molecule has 2 saturated heterocycles. The van der Waals surface area contributed by atoms with Crippen molar-refractivity contribution < 1.29 is 0 Å². The molecule has 0 amide bonds. The van der Waals surface area contributed by atoms with Crippen molar-refractivity contribution in [1.82, 2.24) is 9.80 Å². The Morgan fingerprint density at radius 3 is 2.12 bits per heavy atom. The molecule has 3 aliphatic rings. The summed E-state index contributed by atoms with van der Waals surface area (Å²) in [5, 5.41) is 0. The quantitative estimate of drug-likeness (QED) is 0.831. The largest absolute Gasteiger partial charge is 0.369 e. The van der Waals surface area contributed by atoms with Gasteiger partial charge in [0.05, 0.1) is 0 Å². The predicted molar refractivity (Wildman–Crippen MR) is 106 cm³/mol. The summed E-state index contributed by atoms with van der Waals surface area (Å²) >= 11 is 0. The lowest BCUT2D eigenvalue weighted by Crippen LogP contribution is -2.67. The highest BCUT2D eigenvalue weighted by Gasteiger charge is 2.54. The van der Waals surface area contributed by atoms with Gasteiger partial charge in [0.1, 0.15) is 0 Å². The van der Waals surface area contributed by atoms with Crippen molar-refractivity contribution >= 4 is 5.69 Å². The Hall–Kier alpha value is -1.06. The normalized spacial score (nSPS) is 25.0. The fourth-order valence-electron chi connectivity index (χ4n) is 5.10. The van der Waals surface area contributed by atoms with Crippen LogP contribution in [0.5, 0.6) is 0 Å². The van der Waals surface area contributed by atoms with E-state index >= 15 is 0 Å². The Morgan fingerprint density at radius 1 is 0.960 bits per heavy atom. The highest BCUT2D eigenvalue weighted by molar-refractivity contribution is 5.47. The van der Waals surface area contributed by atoms with Crippen LogP contribution in [0.1, 0.15) is 39.2 Å². The van der Waals surface area contributed by atoms with Gasteiger partial charge in [-0.05, 0) is 64.0 Å². The van der Waals surface area contributed by atoms with Crippen LogP contribution in [0, 0.1) is 18.3 Å². The van der Waals surface area contributed by atoms with E-state index < -0.39 is 0 Å². The summed E-state index contributed by atoms with van der Waals surface area (Å²) in [5.74, 6) is 0.952. The van der Waals surface area contributed by atoms with Crippen LogP contribution >= 0.6 is 0 Å². The molecule has 1 spiro atoms. The molecule has 3 nitrogen and oxygen atoms in total. The molecule has 1 aliphatic carbocycles. The molecule has 0 N–H and O–H groups in total. The lowest BCUT2D eigenvalue weighted by Gasteiger charge is -2.63. The maximum Gasteiger partial charge on any atom is 0.0367 e. The van der Waals surface area contributed by atoms with E-state index in [-0.39, 0.29) is 0 Å². The van der Waals surface area contributed by atoms with E-state index in [4.69, 9.17) is 0 Å². The van der Waals surface area contributed by atoms with Gasteiger partial charge >= 0.3 is 0 Å². The maximum atomic E-state index is 2.71. The highest BCUT2D eigenvalue weighted by Crippen LogP contribution is 2.53. The van der Waals surface area contributed by atoms with Crippen LogP contribution in [0.3, 0.4) is 0 Å². The van der Waals surface area contributed by atoms with Crippen molar-refractivity contribution in [2.24, 2.45) is 11.3 Å². The van der Waals surface area contributed by atoms with E-state index in [0.29, 0.717) is 11.0 Å². The molecule has 0 unspecified atom stereocenters. The second kappa shape index (κ2) is 6.28. The summed E-state index contributed by atoms with van der Waals surface area (Å²) in [6.45, 7) is 18.0. The lowest BCUT2D eigenvalue weighted by molar-refractivity contribution is -0.134. The zero-order chi connectivity index (χ0) is 17.7. The minimum atomic E-state index is 0.364. The average Bonchev–Trinajstić information content (AvgIpc) is 2.48. The summed E-state index contributed by atoms with van der Waals surface area (Å²) < 4.78 is 0. The van der Waals surface area contributed by atoms with E-state index in [2.05, 4.69) is 66.7 Å². The first-order valence-corrected chi connectivity index (χ1v) is 10.1. The van der Waals surface area contributed by atoms with Crippen molar-refractivity contribution in [3.63, 3.8) is 0 Å². The Labute approximate surface area is 154 Å². The van der Waals surface area contributed by atoms with E-state index in [1.807, 2.05) is 0 Å². The van der Waals surface area contributed by atoms with Crippen LogP contribution in [-0.4, -0.2) is 61.2 Å². The number of anilines is 1. The Morgan fingerprint density at radius 2 is 1.56 bits per heavy atom. The van der Waals surface area contributed by atoms with E-state index in [1.165, 1.54) is 69.9 Å². The van der Waals surface area contributed by atoms with E-state index in [9.17, 15) is 0 Å². The fraction of sp³-hybridized carbons (Fsp3) is 0.727. The predicted octanol–water partition coefficient (Wildman–Crippen LogP) is 3.63. The first kappa shape index (κ1) is 17.4. The van der Waals surface area contributed by atoms with Crippen molar-refractivity contribution in [1.29, 1.82) is 0 Å². The molecule has 25 heavy (non-hydrogen) atoms. The third-order valence-electron chi connectivity index (χ3n) is 6.73. The van der Waals surface area contributed by atoms with Crippen LogP contribution in [-0.2, 0) is 0 Å². The molecule has 0 bridgehead atoms. The minimum absolute atomic E-state index is 0.364. The van der Waals surface area contributed by atoms with Crippen LogP contribution in [0.2, 0.25) is 0 Å². The molecule has 3 fully saturated rings. The molecule has 0 aromatic heterocycles. The number of rotatable bonds is 3. The number of aryl methyl sites for hydroxylation is 1. The summed E-state index contributed by atoms with van der Waals surface area (Å²) in [6.07, 6.45) is 2.94. The van der Waals surface area contributed by atoms with Gasteiger partial charge in [-0.3, -0.25) is 9.80 Å². The number of nitrogens with zero attached hydrogens (tertiary/aromatic N) is 3. The molecule has 3 heteroatoms. The molecule has 138 valence electrons. The van der Waals surface area contributed by atoms with Gasteiger partial charge in [0.25, 0.3) is 0 Å². The van der Waals surface area contributed by atoms with Crippen molar-refractivity contribution in [3.05, 3.63) is 29.8 Å². The molecule has 0 atom stereocenters. The average molecular weight is 342 g/mol. The lowest BCUT2D eigenvalue weighted by atomic mass is 9.57. The van der Waals surface area contributed by atoms with Crippen LogP contribution < -0.4 is 4.90 Å². The number of hydrogen-bond donors (Lipinski definition) is 0. The third-order valence-corrected chi connectivity index (χ3v) is 6.73. The number of hydrogen-bond acceptors (Lipinski definition) is 3. The Kier molecular flexibility index (Phi) is 4.36. The summed E-state index contributed by atoms with van der Waals surface area (Å²) in [7, 11) is 0. The molecule has 1 aromatic rings. The van der Waals surface area contributed by atoms with E-state index in [0.717, 1.165) is 5.92 Å². The molecule has 1 saturated carbocycles. The first-order chi connectivity index (χ1) is 11.8. The van der Waals surface area contributed by atoms with Crippen molar-refractivity contribution in [2.45, 2.75) is 46.1 Å². The van der Waals surface area contributed by atoms with Crippen molar-refractivity contribution in [2.75, 3.05) is 50.7 Å². The first-order valence-electron chi connectivity index (χ1n) is 10.1. The molecule has 1 aromatic carbocycles. The second-order valence-electron chi connectivity index (χ2n) is 9.92. The van der Waals surface area contributed by atoms with Crippen molar-refractivity contribution in [3.8, 4) is 0 Å². The SMILES string of the molecule is Cc1ccc(N2CCN(CC3CC4(C3)CN(C(C)(C)C)C4)CC2)cc1. The smallest absolute Gasteiger partial charge is 0.0367 e. The topological polar surface area (TPSA) is 9.72 Å². The van der Waals surface area contributed by atoms with Gasteiger partial charge in [0.15, 0.2) is 0 Å². The molecule has 0 radical (unpaired) electrons. The van der Waals surface area contributed by atoms with Gasteiger partial charge in [-0.1, -0.05) is 17.7 Å². The highest BCUT2D eigenvalue weighted by atomic mass is 15.3. The molecule has 4 rings (SSSR count). The van der Waals surface area contributed by atoms with E-state index in [1.54, 1.807) is 0 Å². The zero-order valence-electron chi connectivity index (χ0n) is 16.6. The van der Waals surface area contributed by atoms with Crippen LogP contribution in [0.15, 0.2) is 24.3 Å². The maximum absolute atomic E-state index is 2.71. The van der Waals surface area contributed by atoms with Gasteiger partial charge in [0.2, 0.25) is 0 Å². The van der Waals surface area contributed by atoms with Crippen LogP contribution in [0.4, 0.5) is 5.69 Å². The monoisotopic (exact) mass is 341 g/mol. The number of piperazine rings is 1. The third kappa shape index (κ3) is 3.59. The molecular formula is C22H35N3.